The van der Waals surface area contributed by atoms with Crippen LogP contribution in [0.15, 0.2) is 30.3 Å². The van der Waals surface area contributed by atoms with Crippen LogP contribution in [0.5, 0.6) is 0 Å². The normalized spacial score (nSPS) is 24.4. The van der Waals surface area contributed by atoms with Crippen molar-refractivity contribution >= 4 is 5.91 Å². The third kappa shape index (κ3) is 2.90. The van der Waals surface area contributed by atoms with Crippen LogP contribution in [0.2, 0.25) is 0 Å². The molecule has 2 aliphatic rings. The van der Waals surface area contributed by atoms with Gasteiger partial charge in [0.25, 0.3) is 0 Å². The van der Waals surface area contributed by atoms with E-state index in [1.165, 1.54) is 0 Å². The lowest BCUT2D eigenvalue weighted by Crippen LogP contribution is -2.49. The number of nitrogens with zero attached hydrogens (tertiary/aromatic N) is 1. The van der Waals surface area contributed by atoms with Crippen LogP contribution < -0.4 is 5.32 Å². The highest BCUT2D eigenvalue weighted by atomic mass is 16.5. The second kappa shape index (κ2) is 6.80. The Morgan fingerprint density at radius 2 is 2.05 bits per heavy atom. The van der Waals surface area contributed by atoms with Crippen LogP contribution >= 0.6 is 0 Å². The van der Waals surface area contributed by atoms with Crippen molar-refractivity contribution in [2.75, 3.05) is 39.9 Å². The summed E-state index contributed by atoms with van der Waals surface area (Å²) in [6.45, 7) is 4.11. The molecule has 0 spiro atoms. The maximum Gasteiger partial charge on any atom is 0.233 e. The SMILES string of the molecule is CNCC1CCN(C(=O)C2(c3ccccc3)CCOCC2)C1. The van der Waals surface area contributed by atoms with Crippen molar-refractivity contribution in [1.82, 2.24) is 10.2 Å². The van der Waals surface area contributed by atoms with Gasteiger partial charge in [0, 0.05) is 26.3 Å². The molecule has 4 heteroatoms. The Bertz CT molecular complexity index is 497. The number of carbonyl (C=O) groups is 1. The molecular formula is C18H26N2O2. The summed E-state index contributed by atoms with van der Waals surface area (Å²) in [4.78, 5) is 15.4. The largest absolute Gasteiger partial charge is 0.381 e. The van der Waals surface area contributed by atoms with Crippen molar-refractivity contribution < 1.29 is 9.53 Å². The predicted octanol–water partition coefficient (Wildman–Crippen LogP) is 1.80. The van der Waals surface area contributed by atoms with Crippen molar-refractivity contribution in [3.05, 3.63) is 35.9 Å². The molecule has 1 N–H and O–H groups in total. The van der Waals surface area contributed by atoms with Gasteiger partial charge in [0.15, 0.2) is 0 Å². The summed E-state index contributed by atoms with van der Waals surface area (Å²) in [5, 5.41) is 3.23. The molecule has 0 aromatic heterocycles. The molecule has 22 heavy (non-hydrogen) atoms. The molecule has 1 aromatic carbocycles. The Morgan fingerprint density at radius 3 is 2.73 bits per heavy atom. The smallest absolute Gasteiger partial charge is 0.233 e. The number of hydrogen-bond acceptors (Lipinski definition) is 3. The molecular weight excluding hydrogens is 276 g/mol. The van der Waals surface area contributed by atoms with Gasteiger partial charge in [0.1, 0.15) is 0 Å². The minimum Gasteiger partial charge on any atom is -0.381 e. The second-order valence-electron chi connectivity index (χ2n) is 6.52. The summed E-state index contributed by atoms with van der Waals surface area (Å²) in [5.74, 6) is 0.891. The number of hydrogen-bond donors (Lipinski definition) is 1. The standard InChI is InChI=1S/C18H26N2O2/c1-19-13-15-7-10-20(14-15)17(21)18(8-11-22-12-9-18)16-5-3-2-4-6-16/h2-6,15,19H,7-14H2,1H3. The first kappa shape index (κ1) is 15.5. The molecule has 0 radical (unpaired) electrons. The minimum atomic E-state index is -0.381. The molecule has 1 amide bonds. The van der Waals surface area contributed by atoms with Crippen LogP contribution in [-0.4, -0.2) is 50.7 Å². The van der Waals surface area contributed by atoms with Gasteiger partial charge in [-0.2, -0.15) is 0 Å². The Labute approximate surface area is 132 Å². The van der Waals surface area contributed by atoms with E-state index in [4.69, 9.17) is 4.74 Å². The van der Waals surface area contributed by atoms with Crippen molar-refractivity contribution in [2.45, 2.75) is 24.7 Å². The van der Waals surface area contributed by atoms with Gasteiger partial charge in [-0.05, 0) is 44.3 Å². The molecule has 3 rings (SSSR count). The van der Waals surface area contributed by atoms with Crippen molar-refractivity contribution in [1.29, 1.82) is 0 Å². The number of ether oxygens (including phenoxy) is 1. The van der Waals surface area contributed by atoms with Crippen molar-refractivity contribution in [3.63, 3.8) is 0 Å². The molecule has 1 aromatic rings. The average Bonchev–Trinajstić information content (AvgIpc) is 3.04. The Morgan fingerprint density at radius 1 is 1.32 bits per heavy atom. The van der Waals surface area contributed by atoms with Gasteiger partial charge in [-0.25, -0.2) is 0 Å². The van der Waals surface area contributed by atoms with Gasteiger partial charge in [0.2, 0.25) is 5.91 Å². The topological polar surface area (TPSA) is 41.6 Å². The second-order valence-corrected chi connectivity index (χ2v) is 6.52. The molecule has 2 fully saturated rings. The maximum atomic E-state index is 13.3. The zero-order valence-corrected chi connectivity index (χ0v) is 13.4. The molecule has 2 aliphatic heterocycles. The fraction of sp³-hybridized carbons (Fsp3) is 0.611. The van der Waals surface area contributed by atoms with E-state index in [1.807, 2.05) is 25.2 Å². The van der Waals surface area contributed by atoms with Gasteiger partial charge in [-0.3, -0.25) is 4.79 Å². The zero-order valence-electron chi connectivity index (χ0n) is 13.4. The van der Waals surface area contributed by atoms with Crippen LogP contribution in [0, 0.1) is 5.92 Å². The predicted molar refractivity (Wildman–Crippen MR) is 86.8 cm³/mol. The number of carbonyl (C=O) groups excluding carboxylic acids is 1. The van der Waals surface area contributed by atoms with E-state index in [2.05, 4.69) is 22.3 Å². The number of benzene rings is 1. The number of likely N-dealkylation sites (tertiary alicyclic amines) is 1. The molecule has 4 nitrogen and oxygen atoms in total. The number of nitrogens with one attached hydrogen (secondary N) is 1. The highest BCUT2D eigenvalue weighted by Crippen LogP contribution is 2.37. The summed E-state index contributed by atoms with van der Waals surface area (Å²) < 4.78 is 5.54. The molecule has 0 aliphatic carbocycles. The van der Waals surface area contributed by atoms with Crippen LogP contribution in [-0.2, 0) is 14.9 Å². The van der Waals surface area contributed by atoms with Gasteiger partial charge >= 0.3 is 0 Å². The summed E-state index contributed by atoms with van der Waals surface area (Å²) in [6.07, 6.45) is 2.69. The number of amides is 1. The Hall–Kier alpha value is -1.39. The monoisotopic (exact) mass is 302 g/mol. The first-order chi connectivity index (χ1) is 10.8. The zero-order chi connectivity index (χ0) is 15.4. The first-order valence-electron chi connectivity index (χ1n) is 8.33. The quantitative estimate of drug-likeness (QED) is 0.922. The molecule has 120 valence electrons. The van der Waals surface area contributed by atoms with Crippen molar-refractivity contribution in [2.24, 2.45) is 5.92 Å². The van der Waals surface area contributed by atoms with Crippen LogP contribution in [0.4, 0.5) is 0 Å². The molecule has 2 saturated heterocycles. The lowest BCUT2D eigenvalue weighted by atomic mass is 9.73. The Kier molecular flexibility index (Phi) is 4.79. The summed E-state index contributed by atoms with van der Waals surface area (Å²) in [5.41, 5.74) is 0.772. The van der Waals surface area contributed by atoms with Gasteiger partial charge in [-0.15, -0.1) is 0 Å². The fourth-order valence-electron chi connectivity index (χ4n) is 3.88. The van der Waals surface area contributed by atoms with Gasteiger partial charge in [-0.1, -0.05) is 30.3 Å². The molecule has 1 unspecified atom stereocenters. The fourth-order valence-corrected chi connectivity index (χ4v) is 3.88. The van der Waals surface area contributed by atoms with Crippen LogP contribution in [0.25, 0.3) is 0 Å². The van der Waals surface area contributed by atoms with Gasteiger partial charge < -0.3 is 15.0 Å². The summed E-state index contributed by atoms with van der Waals surface area (Å²) in [6, 6.07) is 10.3. The highest BCUT2D eigenvalue weighted by molar-refractivity contribution is 5.88. The van der Waals surface area contributed by atoms with E-state index in [-0.39, 0.29) is 5.41 Å². The van der Waals surface area contributed by atoms with Crippen molar-refractivity contribution in [3.8, 4) is 0 Å². The van der Waals surface area contributed by atoms with E-state index < -0.39 is 0 Å². The minimum absolute atomic E-state index is 0.306. The lowest BCUT2D eigenvalue weighted by molar-refractivity contribution is -0.140. The number of rotatable bonds is 4. The maximum absolute atomic E-state index is 13.3. The summed E-state index contributed by atoms with van der Waals surface area (Å²) in [7, 11) is 1.98. The molecule has 0 saturated carbocycles. The van der Waals surface area contributed by atoms with Crippen LogP contribution in [0.1, 0.15) is 24.8 Å². The summed E-state index contributed by atoms with van der Waals surface area (Å²) >= 11 is 0. The van der Waals surface area contributed by atoms with E-state index in [0.29, 0.717) is 25.0 Å². The molecule has 2 heterocycles. The van der Waals surface area contributed by atoms with E-state index in [1.54, 1.807) is 0 Å². The Balaban J connectivity index is 1.82. The first-order valence-corrected chi connectivity index (χ1v) is 8.33. The molecule has 0 bridgehead atoms. The lowest BCUT2D eigenvalue weighted by Gasteiger charge is -2.39. The highest BCUT2D eigenvalue weighted by Gasteiger charge is 2.45. The van der Waals surface area contributed by atoms with E-state index in [0.717, 1.165) is 44.5 Å². The third-order valence-corrected chi connectivity index (χ3v) is 5.15. The van der Waals surface area contributed by atoms with E-state index >= 15 is 0 Å². The molecule has 1 atom stereocenters. The average molecular weight is 302 g/mol. The van der Waals surface area contributed by atoms with E-state index in [9.17, 15) is 4.79 Å². The third-order valence-electron chi connectivity index (χ3n) is 5.15. The van der Waals surface area contributed by atoms with Crippen LogP contribution in [0.3, 0.4) is 0 Å². The van der Waals surface area contributed by atoms with Gasteiger partial charge in [0.05, 0.1) is 5.41 Å².